The number of ether oxygens (including phenoxy) is 1. The second-order valence-electron chi connectivity index (χ2n) is 3.70. The maximum atomic E-state index is 11.1. The highest BCUT2D eigenvalue weighted by Crippen LogP contribution is 2.11. The van der Waals surface area contributed by atoms with Gasteiger partial charge in [0.05, 0.1) is 6.42 Å². The average molecular weight is 270 g/mol. The van der Waals surface area contributed by atoms with Crippen LogP contribution in [0.1, 0.15) is 18.5 Å². The van der Waals surface area contributed by atoms with Gasteiger partial charge in [-0.3, -0.25) is 4.79 Å². The molecule has 104 valence electrons. The van der Waals surface area contributed by atoms with Crippen LogP contribution in [-0.4, -0.2) is 33.0 Å². The lowest BCUT2D eigenvalue weighted by Crippen LogP contribution is -2.23. The number of esters is 1. The Kier molecular flexibility index (Phi) is 4.98. The number of rotatable bonds is 7. The standard InChI is InChI=1S/C10H13N3O6/c1-7-6-11-10(13(17)18)12(7)4-5-19-9(16)3-2-8(14)15/h6H,2-5H2,1H3,(H,14,15)/p-1. The highest BCUT2D eigenvalue weighted by Gasteiger charge is 2.18. The number of nitrogens with zero attached hydrogens (tertiary/aromatic N) is 3. The van der Waals surface area contributed by atoms with Gasteiger partial charge in [0.1, 0.15) is 25.0 Å². The van der Waals surface area contributed by atoms with E-state index in [9.17, 15) is 24.8 Å². The van der Waals surface area contributed by atoms with Gasteiger partial charge in [-0.15, -0.1) is 0 Å². The van der Waals surface area contributed by atoms with E-state index in [1.807, 2.05) is 0 Å². The Labute approximate surface area is 108 Å². The van der Waals surface area contributed by atoms with Crippen molar-refractivity contribution in [2.75, 3.05) is 6.61 Å². The van der Waals surface area contributed by atoms with E-state index in [-0.39, 0.29) is 25.5 Å². The zero-order valence-corrected chi connectivity index (χ0v) is 10.2. The van der Waals surface area contributed by atoms with Crippen LogP contribution in [0.15, 0.2) is 6.20 Å². The summed E-state index contributed by atoms with van der Waals surface area (Å²) in [7, 11) is 0. The molecule has 0 atom stereocenters. The number of aryl methyl sites for hydroxylation is 1. The van der Waals surface area contributed by atoms with Crippen LogP contribution in [0.4, 0.5) is 5.95 Å². The molecule has 0 aliphatic rings. The van der Waals surface area contributed by atoms with Crippen molar-refractivity contribution in [3.05, 3.63) is 22.0 Å². The average Bonchev–Trinajstić information content (AvgIpc) is 2.68. The lowest BCUT2D eigenvalue weighted by Gasteiger charge is -2.06. The minimum atomic E-state index is -1.34. The lowest BCUT2D eigenvalue weighted by atomic mass is 10.3. The normalized spacial score (nSPS) is 10.2. The van der Waals surface area contributed by atoms with Crippen LogP contribution >= 0.6 is 0 Å². The molecule has 0 fully saturated rings. The van der Waals surface area contributed by atoms with Crippen molar-refractivity contribution >= 4 is 17.9 Å². The molecule has 9 nitrogen and oxygen atoms in total. The van der Waals surface area contributed by atoms with E-state index in [4.69, 9.17) is 4.74 Å². The third kappa shape index (κ3) is 4.37. The Morgan fingerprint density at radius 3 is 2.74 bits per heavy atom. The van der Waals surface area contributed by atoms with Gasteiger partial charge in [0.15, 0.2) is 0 Å². The molecular formula is C10H12N3O6-. The molecule has 0 aromatic carbocycles. The summed E-state index contributed by atoms with van der Waals surface area (Å²) in [6.45, 7) is 1.63. The van der Waals surface area contributed by atoms with E-state index in [1.54, 1.807) is 6.92 Å². The minimum Gasteiger partial charge on any atom is -0.550 e. The van der Waals surface area contributed by atoms with Crippen molar-refractivity contribution in [3.63, 3.8) is 0 Å². The van der Waals surface area contributed by atoms with Crippen LogP contribution in [0.3, 0.4) is 0 Å². The molecule has 0 amide bonds. The number of hydrogen-bond acceptors (Lipinski definition) is 7. The molecule has 0 saturated heterocycles. The molecule has 0 aliphatic heterocycles. The van der Waals surface area contributed by atoms with Crippen LogP contribution in [0, 0.1) is 17.0 Å². The first-order chi connectivity index (χ1) is 8.91. The van der Waals surface area contributed by atoms with Gasteiger partial charge in [0.2, 0.25) is 0 Å². The van der Waals surface area contributed by atoms with Gasteiger partial charge >= 0.3 is 11.9 Å². The monoisotopic (exact) mass is 270 g/mol. The van der Waals surface area contributed by atoms with E-state index < -0.39 is 23.3 Å². The zero-order valence-electron chi connectivity index (χ0n) is 10.2. The molecule has 0 aliphatic carbocycles. The summed E-state index contributed by atoms with van der Waals surface area (Å²) in [4.78, 5) is 34.9. The van der Waals surface area contributed by atoms with Crippen LogP contribution in [-0.2, 0) is 20.9 Å². The molecule has 0 radical (unpaired) electrons. The molecule has 9 heteroatoms. The topological polar surface area (TPSA) is 127 Å². The van der Waals surface area contributed by atoms with Crippen LogP contribution in [0.25, 0.3) is 0 Å². The molecule has 0 unspecified atom stereocenters. The summed E-state index contributed by atoms with van der Waals surface area (Å²) >= 11 is 0. The second-order valence-corrected chi connectivity index (χ2v) is 3.70. The Hall–Kier alpha value is -2.45. The number of nitro groups is 1. The highest BCUT2D eigenvalue weighted by molar-refractivity contribution is 5.75. The predicted molar refractivity (Wildman–Crippen MR) is 58.8 cm³/mol. The van der Waals surface area contributed by atoms with Gasteiger partial charge in [-0.05, 0) is 18.3 Å². The Balaban J connectivity index is 2.45. The third-order valence-corrected chi connectivity index (χ3v) is 2.31. The summed E-state index contributed by atoms with van der Waals surface area (Å²) in [5.41, 5.74) is 0.567. The fourth-order valence-electron chi connectivity index (χ4n) is 1.40. The smallest absolute Gasteiger partial charge is 0.434 e. The highest BCUT2D eigenvalue weighted by atomic mass is 16.6. The second kappa shape index (κ2) is 6.47. The van der Waals surface area contributed by atoms with Crippen molar-refractivity contribution in [1.82, 2.24) is 9.55 Å². The maximum absolute atomic E-state index is 11.1. The number of carboxylic acid groups (broad SMARTS) is 1. The number of aromatic nitrogens is 2. The summed E-state index contributed by atoms with van der Waals surface area (Å²) in [5.74, 6) is -2.36. The lowest BCUT2D eigenvalue weighted by molar-refractivity contribution is -0.396. The van der Waals surface area contributed by atoms with Gasteiger partial charge in [-0.25, -0.2) is 4.57 Å². The molecule has 19 heavy (non-hydrogen) atoms. The van der Waals surface area contributed by atoms with Crippen molar-refractivity contribution in [3.8, 4) is 0 Å². The van der Waals surface area contributed by atoms with Gasteiger partial charge in [0.25, 0.3) is 0 Å². The summed E-state index contributed by atoms with van der Waals surface area (Å²) in [6.07, 6.45) is 0.645. The number of carbonyl (C=O) groups is 2. The Morgan fingerprint density at radius 1 is 1.47 bits per heavy atom. The minimum absolute atomic E-state index is 0.0825. The maximum Gasteiger partial charge on any atom is 0.434 e. The molecule has 1 heterocycles. The first-order valence-electron chi connectivity index (χ1n) is 5.43. The van der Waals surface area contributed by atoms with E-state index >= 15 is 0 Å². The molecule has 0 N–H and O–H groups in total. The first-order valence-corrected chi connectivity index (χ1v) is 5.43. The molecule has 1 aromatic rings. The van der Waals surface area contributed by atoms with Gasteiger partial charge in [-0.2, -0.15) is 0 Å². The van der Waals surface area contributed by atoms with E-state index in [0.717, 1.165) is 0 Å². The Morgan fingerprint density at radius 2 is 2.16 bits per heavy atom. The first kappa shape index (κ1) is 14.6. The number of hydrogen-bond donors (Lipinski definition) is 0. The molecule has 1 aromatic heterocycles. The van der Waals surface area contributed by atoms with E-state index in [0.29, 0.717) is 5.69 Å². The molecular weight excluding hydrogens is 258 g/mol. The fraction of sp³-hybridized carbons (Fsp3) is 0.500. The number of carbonyl (C=O) groups excluding carboxylic acids is 2. The van der Waals surface area contributed by atoms with Crippen molar-refractivity contribution in [2.45, 2.75) is 26.3 Å². The molecule has 0 bridgehead atoms. The van der Waals surface area contributed by atoms with Crippen molar-refractivity contribution < 1.29 is 24.4 Å². The predicted octanol–water partition coefficient (Wildman–Crippen LogP) is -0.827. The number of aliphatic carboxylic acids is 1. The summed E-state index contributed by atoms with van der Waals surface area (Å²) in [5, 5.41) is 20.8. The van der Waals surface area contributed by atoms with Gasteiger partial charge < -0.3 is 24.8 Å². The van der Waals surface area contributed by atoms with Gasteiger partial charge in [0, 0.05) is 5.97 Å². The van der Waals surface area contributed by atoms with Gasteiger partial charge in [-0.1, -0.05) is 4.98 Å². The summed E-state index contributed by atoms with van der Waals surface area (Å²) < 4.78 is 6.05. The molecule has 1 rings (SSSR count). The Bertz CT molecular complexity index is 495. The number of carboxylic acids is 1. The molecule has 0 saturated carbocycles. The third-order valence-electron chi connectivity index (χ3n) is 2.31. The van der Waals surface area contributed by atoms with Crippen molar-refractivity contribution in [2.24, 2.45) is 0 Å². The molecule has 0 spiro atoms. The number of imidazole rings is 1. The van der Waals surface area contributed by atoms with Crippen LogP contribution in [0.5, 0.6) is 0 Å². The largest absolute Gasteiger partial charge is 0.550 e. The summed E-state index contributed by atoms with van der Waals surface area (Å²) in [6, 6.07) is 0. The van der Waals surface area contributed by atoms with Crippen molar-refractivity contribution in [1.29, 1.82) is 0 Å². The quantitative estimate of drug-likeness (QED) is 0.359. The van der Waals surface area contributed by atoms with Crippen LogP contribution < -0.4 is 5.11 Å². The van der Waals surface area contributed by atoms with Crippen LogP contribution in [0.2, 0.25) is 0 Å². The fourth-order valence-corrected chi connectivity index (χ4v) is 1.40. The van der Waals surface area contributed by atoms with E-state index in [1.165, 1.54) is 10.8 Å². The SMILES string of the molecule is Cc1cnc([N+](=O)[O-])n1CCOC(=O)CCC(=O)[O-]. The zero-order chi connectivity index (χ0) is 14.4. The van der Waals surface area contributed by atoms with E-state index in [2.05, 4.69) is 4.98 Å².